The van der Waals surface area contributed by atoms with Crippen molar-refractivity contribution in [3.05, 3.63) is 102 Å². The van der Waals surface area contributed by atoms with Crippen LogP contribution in [0.15, 0.2) is 84.0 Å². The van der Waals surface area contributed by atoms with Crippen LogP contribution in [0.1, 0.15) is 30.0 Å². The lowest BCUT2D eigenvalue weighted by atomic mass is 10.00. The Hall–Kier alpha value is -3.65. The number of carbonyl (C=O) groups is 1. The number of benzene rings is 3. The summed E-state index contributed by atoms with van der Waals surface area (Å²) in [5.74, 6) is 0.548. The molecule has 1 unspecified atom stereocenters. The number of thioether (sulfide) groups is 1. The maximum atomic E-state index is 14.2. The van der Waals surface area contributed by atoms with E-state index < -0.39 is 11.9 Å². The van der Waals surface area contributed by atoms with E-state index in [-0.39, 0.29) is 17.4 Å². The summed E-state index contributed by atoms with van der Waals surface area (Å²) < 4.78 is 21.9. The number of ether oxygens (including phenoxy) is 1. The molecule has 6 nitrogen and oxygen atoms in total. The van der Waals surface area contributed by atoms with Crippen LogP contribution in [0.25, 0.3) is 5.69 Å². The fourth-order valence-corrected chi connectivity index (χ4v) is 5.03. The average Bonchev–Trinajstić information content (AvgIpc) is 3.33. The summed E-state index contributed by atoms with van der Waals surface area (Å²) in [5, 5.41) is 9.30. The molecule has 178 valence electrons. The van der Waals surface area contributed by atoms with Crippen molar-refractivity contribution in [2.75, 3.05) is 12.3 Å². The number of hydrogen-bond acceptors (Lipinski definition) is 5. The van der Waals surface area contributed by atoms with Crippen LogP contribution in [0.2, 0.25) is 0 Å². The van der Waals surface area contributed by atoms with E-state index in [2.05, 4.69) is 22.3 Å². The van der Waals surface area contributed by atoms with Crippen molar-refractivity contribution >= 4 is 17.7 Å². The van der Waals surface area contributed by atoms with Crippen LogP contribution in [0.4, 0.5) is 4.39 Å². The third kappa shape index (κ3) is 5.07. The second kappa shape index (κ2) is 10.3. The van der Waals surface area contributed by atoms with E-state index >= 15 is 0 Å². The topological polar surface area (TPSA) is 60.3 Å². The standard InChI is InChI=1S/C27H25FN4O2S/c1-19(34-24-14-8-7-13-23(24)28)26-29-30-27(32(26)22-11-3-2-4-12-22)35-18-25(33)31-16-15-20-9-5-6-10-21(20)17-31/h2-14,19H,15-18H2,1H3. The van der Waals surface area contributed by atoms with Crippen LogP contribution in [-0.2, 0) is 17.8 Å². The first-order valence-corrected chi connectivity index (χ1v) is 12.5. The molecule has 0 bridgehead atoms. The van der Waals surface area contributed by atoms with Gasteiger partial charge in [0.05, 0.1) is 5.75 Å². The predicted octanol–water partition coefficient (Wildman–Crippen LogP) is 5.22. The van der Waals surface area contributed by atoms with Gasteiger partial charge in [-0.05, 0) is 48.7 Å². The number of fused-ring (bicyclic) bond motifs is 1. The van der Waals surface area contributed by atoms with Gasteiger partial charge >= 0.3 is 0 Å². The monoisotopic (exact) mass is 488 g/mol. The SMILES string of the molecule is CC(Oc1ccccc1F)c1nnc(SCC(=O)N2CCc3ccccc3C2)n1-c1ccccc1. The molecule has 5 rings (SSSR count). The van der Waals surface area contributed by atoms with Gasteiger partial charge < -0.3 is 9.64 Å². The minimum absolute atomic E-state index is 0.0596. The summed E-state index contributed by atoms with van der Waals surface area (Å²) in [6, 6.07) is 24.2. The van der Waals surface area contributed by atoms with Crippen LogP contribution >= 0.6 is 11.8 Å². The van der Waals surface area contributed by atoms with E-state index in [4.69, 9.17) is 4.74 Å². The van der Waals surface area contributed by atoms with Gasteiger partial charge in [-0.25, -0.2) is 4.39 Å². The Morgan fingerprint density at radius 3 is 2.51 bits per heavy atom. The Balaban J connectivity index is 1.35. The van der Waals surface area contributed by atoms with Gasteiger partial charge in [0.15, 0.2) is 28.7 Å². The molecule has 4 aromatic rings. The van der Waals surface area contributed by atoms with Crippen LogP contribution in [0, 0.1) is 5.82 Å². The molecule has 35 heavy (non-hydrogen) atoms. The molecule has 1 atom stereocenters. The third-order valence-corrected chi connectivity index (χ3v) is 6.90. The molecule has 0 aliphatic carbocycles. The summed E-state index contributed by atoms with van der Waals surface area (Å²) in [6.45, 7) is 3.14. The van der Waals surface area contributed by atoms with Crippen LogP contribution in [-0.4, -0.2) is 37.9 Å². The normalized spacial score (nSPS) is 13.8. The van der Waals surface area contributed by atoms with Gasteiger partial charge in [0.25, 0.3) is 0 Å². The largest absolute Gasteiger partial charge is 0.480 e. The number of carbonyl (C=O) groups excluding carboxylic acids is 1. The first-order chi connectivity index (χ1) is 17.1. The van der Waals surface area contributed by atoms with Gasteiger partial charge in [-0.1, -0.05) is 66.4 Å². The second-order valence-electron chi connectivity index (χ2n) is 8.32. The van der Waals surface area contributed by atoms with E-state index in [9.17, 15) is 9.18 Å². The average molecular weight is 489 g/mol. The van der Waals surface area contributed by atoms with Crippen molar-refractivity contribution in [2.45, 2.75) is 31.1 Å². The van der Waals surface area contributed by atoms with Gasteiger partial charge in [0, 0.05) is 18.8 Å². The van der Waals surface area contributed by atoms with Crippen molar-refractivity contribution < 1.29 is 13.9 Å². The Kier molecular flexibility index (Phi) is 6.81. The number of aromatic nitrogens is 3. The fourth-order valence-electron chi connectivity index (χ4n) is 4.17. The smallest absolute Gasteiger partial charge is 0.233 e. The molecule has 0 spiro atoms. The van der Waals surface area contributed by atoms with Gasteiger partial charge in [0.2, 0.25) is 5.91 Å². The molecule has 2 heterocycles. The van der Waals surface area contributed by atoms with Gasteiger partial charge in [-0.15, -0.1) is 10.2 Å². The van der Waals surface area contributed by atoms with Crippen molar-refractivity contribution in [2.24, 2.45) is 0 Å². The molecule has 1 aliphatic heterocycles. The lowest BCUT2D eigenvalue weighted by molar-refractivity contribution is -0.129. The molecule has 8 heteroatoms. The van der Waals surface area contributed by atoms with Gasteiger partial charge in [-0.2, -0.15) is 0 Å². The molecule has 1 aromatic heterocycles. The molecular formula is C27H25FN4O2S. The lowest BCUT2D eigenvalue weighted by Crippen LogP contribution is -2.37. The molecule has 0 radical (unpaired) electrons. The number of nitrogens with zero attached hydrogens (tertiary/aromatic N) is 4. The van der Waals surface area contributed by atoms with Gasteiger partial charge in [-0.3, -0.25) is 9.36 Å². The predicted molar refractivity (Wildman–Crippen MR) is 133 cm³/mol. The molecule has 0 fully saturated rings. The molecule has 0 saturated carbocycles. The Bertz CT molecular complexity index is 1330. The zero-order valence-corrected chi connectivity index (χ0v) is 20.1. The van der Waals surface area contributed by atoms with Gasteiger partial charge in [0.1, 0.15) is 0 Å². The van der Waals surface area contributed by atoms with Crippen molar-refractivity contribution in [3.8, 4) is 11.4 Å². The molecular weight excluding hydrogens is 463 g/mol. The molecule has 0 saturated heterocycles. The lowest BCUT2D eigenvalue weighted by Gasteiger charge is -2.28. The summed E-state index contributed by atoms with van der Waals surface area (Å²) in [4.78, 5) is 14.9. The summed E-state index contributed by atoms with van der Waals surface area (Å²) in [7, 11) is 0. The quantitative estimate of drug-likeness (QED) is 0.334. The summed E-state index contributed by atoms with van der Waals surface area (Å²) in [6.07, 6.45) is 0.296. The number of halogens is 1. The number of hydrogen-bond donors (Lipinski definition) is 0. The maximum absolute atomic E-state index is 14.2. The highest BCUT2D eigenvalue weighted by atomic mass is 32.2. The molecule has 3 aromatic carbocycles. The number of para-hydroxylation sites is 2. The highest BCUT2D eigenvalue weighted by molar-refractivity contribution is 7.99. The van der Waals surface area contributed by atoms with E-state index in [1.807, 2.05) is 51.9 Å². The Morgan fingerprint density at radius 2 is 1.71 bits per heavy atom. The first-order valence-electron chi connectivity index (χ1n) is 11.5. The summed E-state index contributed by atoms with van der Waals surface area (Å²) >= 11 is 1.34. The van der Waals surface area contributed by atoms with Crippen LogP contribution < -0.4 is 4.74 Å². The zero-order valence-electron chi connectivity index (χ0n) is 19.3. The van der Waals surface area contributed by atoms with E-state index in [1.165, 1.54) is 29.0 Å². The highest BCUT2D eigenvalue weighted by Gasteiger charge is 2.24. The van der Waals surface area contributed by atoms with Crippen molar-refractivity contribution in [3.63, 3.8) is 0 Å². The van der Waals surface area contributed by atoms with Crippen LogP contribution in [0.3, 0.4) is 0 Å². The zero-order chi connectivity index (χ0) is 24.2. The fraction of sp³-hybridized carbons (Fsp3) is 0.222. The van der Waals surface area contributed by atoms with E-state index in [0.29, 0.717) is 24.1 Å². The highest BCUT2D eigenvalue weighted by Crippen LogP contribution is 2.29. The Labute approximate surface area is 207 Å². The molecule has 1 aliphatic rings. The van der Waals surface area contributed by atoms with Crippen molar-refractivity contribution in [1.29, 1.82) is 0 Å². The number of rotatable bonds is 7. The molecule has 0 N–H and O–H groups in total. The Morgan fingerprint density at radius 1 is 1.00 bits per heavy atom. The first kappa shape index (κ1) is 23.1. The maximum Gasteiger partial charge on any atom is 0.233 e. The third-order valence-electron chi connectivity index (χ3n) is 5.98. The van der Waals surface area contributed by atoms with E-state index in [0.717, 1.165) is 12.1 Å². The number of amides is 1. The van der Waals surface area contributed by atoms with E-state index in [1.54, 1.807) is 25.1 Å². The van der Waals surface area contributed by atoms with Crippen molar-refractivity contribution in [1.82, 2.24) is 19.7 Å². The molecule has 1 amide bonds. The van der Waals surface area contributed by atoms with Crippen LogP contribution in [0.5, 0.6) is 5.75 Å². The second-order valence-corrected chi connectivity index (χ2v) is 9.27. The minimum Gasteiger partial charge on any atom is -0.480 e. The summed E-state index contributed by atoms with van der Waals surface area (Å²) in [5.41, 5.74) is 3.35. The minimum atomic E-state index is -0.566.